The van der Waals surface area contributed by atoms with Crippen LogP contribution in [0.25, 0.3) is 0 Å². The highest BCUT2D eigenvalue weighted by molar-refractivity contribution is 6.37. The van der Waals surface area contributed by atoms with Gasteiger partial charge in [-0.1, -0.05) is 41.8 Å². The van der Waals surface area contributed by atoms with E-state index in [-0.39, 0.29) is 30.7 Å². The van der Waals surface area contributed by atoms with Crippen LogP contribution in [-0.4, -0.2) is 30.1 Å². The van der Waals surface area contributed by atoms with E-state index in [2.05, 4.69) is 17.5 Å². The Morgan fingerprint density at radius 2 is 1.97 bits per heavy atom. The molecule has 8 heteroatoms. The Morgan fingerprint density at radius 1 is 1.23 bits per heavy atom. The summed E-state index contributed by atoms with van der Waals surface area (Å²) in [6, 6.07) is 5.02. The van der Waals surface area contributed by atoms with Crippen LogP contribution in [0.5, 0.6) is 5.75 Å². The number of hydrogen-bond donors (Lipinski definition) is 0. The van der Waals surface area contributed by atoms with Gasteiger partial charge in [0.05, 0.1) is 22.3 Å². The Balaban J connectivity index is 2.12. The molecule has 1 aliphatic carbocycles. The molecule has 0 fully saturated rings. The fourth-order valence-corrected chi connectivity index (χ4v) is 4.35. The minimum absolute atomic E-state index is 0.157. The number of amides is 1. The number of carbonyl (C=O) groups excluding carboxylic acids is 2. The Hall–Kier alpha value is -3.27. The van der Waals surface area contributed by atoms with E-state index in [0.717, 1.165) is 24.0 Å². The molecule has 3 rings (SSSR count). The van der Waals surface area contributed by atoms with Crippen LogP contribution in [0.3, 0.4) is 0 Å². The van der Waals surface area contributed by atoms with E-state index >= 15 is 0 Å². The summed E-state index contributed by atoms with van der Waals surface area (Å²) in [5, 5.41) is 0.574. The molecule has 0 atom stereocenters. The molecule has 0 saturated heterocycles. The molecule has 1 aromatic carbocycles. The topological polar surface area (TPSA) is 68.7 Å². The summed E-state index contributed by atoms with van der Waals surface area (Å²) in [5.74, 6) is 1.73. The molecule has 6 nitrogen and oxygen atoms in total. The average Bonchev–Trinajstić information content (AvgIpc) is 2.86. The highest BCUT2D eigenvalue weighted by Crippen LogP contribution is 2.39. The SMILES string of the molecule is C#CCOC(=O)C1=C(C(=O)N(Cc2cnccc2C)c2cc(OCC=C)c(Cl)cc2Cl)CCCC1. The van der Waals surface area contributed by atoms with E-state index in [1.54, 1.807) is 24.5 Å². The van der Waals surface area contributed by atoms with Gasteiger partial charge < -0.3 is 14.4 Å². The predicted octanol–water partition coefficient (Wildman–Crippen LogP) is 5.84. The molecule has 0 saturated carbocycles. The maximum Gasteiger partial charge on any atom is 0.335 e. The number of ether oxygens (including phenoxy) is 2. The van der Waals surface area contributed by atoms with E-state index in [1.807, 2.05) is 13.0 Å². The van der Waals surface area contributed by atoms with Crippen LogP contribution in [0.15, 0.2) is 54.4 Å². The van der Waals surface area contributed by atoms with Gasteiger partial charge in [0.1, 0.15) is 12.4 Å². The number of rotatable bonds is 9. The number of nitrogens with zero attached hydrogens (tertiary/aromatic N) is 2. The van der Waals surface area contributed by atoms with E-state index < -0.39 is 5.97 Å². The van der Waals surface area contributed by atoms with Gasteiger partial charge in [-0.25, -0.2) is 4.79 Å². The van der Waals surface area contributed by atoms with Crippen LogP contribution < -0.4 is 9.64 Å². The standard InChI is InChI=1S/C27H26Cl2N2O4/c1-4-12-34-25-15-24(22(28)14-23(25)29)31(17-19-16-30-11-10-18(19)3)26(32)20-8-6-7-9-21(20)27(33)35-13-5-2/h2,4,10-11,14-16H,1,6-9,12-13,17H2,3H3. The second-order valence-corrected chi connectivity index (χ2v) is 8.79. The molecule has 1 aromatic heterocycles. The molecule has 35 heavy (non-hydrogen) atoms. The van der Waals surface area contributed by atoms with Crippen LogP contribution in [0.1, 0.15) is 36.8 Å². The number of halogens is 2. The lowest BCUT2D eigenvalue weighted by molar-refractivity contribution is -0.138. The third-order valence-corrected chi connectivity index (χ3v) is 6.23. The molecule has 0 bridgehead atoms. The fraction of sp³-hybridized carbons (Fsp3) is 0.296. The highest BCUT2D eigenvalue weighted by atomic mass is 35.5. The van der Waals surface area contributed by atoms with Crippen LogP contribution >= 0.6 is 23.2 Å². The van der Waals surface area contributed by atoms with E-state index in [1.165, 1.54) is 11.0 Å². The first kappa shape index (κ1) is 26.3. The first-order chi connectivity index (χ1) is 16.9. The molecule has 0 aliphatic heterocycles. The highest BCUT2D eigenvalue weighted by Gasteiger charge is 2.30. The van der Waals surface area contributed by atoms with Crippen LogP contribution in [0.4, 0.5) is 5.69 Å². The van der Waals surface area contributed by atoms with Crippen molar-refractivity contribution in [3.05, 3.63) is 75.6 Å². The Kier molecular flexibility index (Phi) is 9.36. The van der Waals surface area contributed by atoms with E-state index in [4.69, 9.17) is 39.1 Å². The first-order valence-corrected chi connectivity index (χ1v) is 11.9. The Bertz CT molecular complexity index is 1200. The van der Waals surface area contributed by atoms with Crippen LogP contribution in [0, 0.1) is 19.3 Å². The summed E-state index contributed by atoms with van der Waals surface area (Å²) >= 11 is 12.9. The lowest BCUT2D eigenvalue weighted by Crippen LogP contribution is -2.34. The summed E-state index contributed by atoms with van der Waals surface area (Å²) in [5.41, 5.74) is 2.92. The number of aryl methyl sites for hydroxylation is 1. The quantitative estimate of drug-likeness (QED) is 0.239. The van der Waals surface area contributed by atoms with Gasteiger partial charge in [0.2, 0.25) is 0 Å². The number of anilines is 1. The summed E-state index contributed by atoms with van der Waals surface area (Å²) < 4.78 is 10.8. The largest absolute Gasteiger partial charge is 0.488 e. The summed E-state index contributed by atoms with van der Waals surface area (Å²) in [6.07, 6.45) is 12.6. The van der Waals surface area contributed by atoms with E-state index in [0.29, 0.717) is 40.4 Å². The van der Waals surface area contributed by atoms with Crippen LogP contribution in [0.2, 0.25) is 10.0 Å². The summed E-state index contributed by atoms with van der Waals surface area (Å²) in [4.78, 5) is 32.4. The lowest BCUT2D eigenvalue weighted by Gasteiger charge is -2.28. The monoisotopic (exact) mass is 512 g/mol. The van der Waals surface area contributed by atoms with Gasteiger partial charge in [0.25, 0.3) is 5.91 Å². The van der Waals surface area contributed by atoms with Crippen molar-refractivity contribution in [3.8, 4) is 18.1 Å². The zero-order valence-electron chi connectivity index (χ0n) is 19.5. The Labute approximate surface area is 215 Å². The smallest absolute Gasteiger partial charge is 0.335 e. The van der Waals surface area contributed by atoms with Crippen molar-refractivity contribution in [3.63, 3.8) is 0 Å². The molecular weight excluding hydrogens is 487 g/mol. The lowest BCUT2D eigenvalue weighted by atomic mass is 9.90. The molecule has 1 heterocycles. The van der Waals surface area contributed by atoms with Crippen molar-refractivity contribution < 1.29 is 19.1 Å². The summed E-state index contributed by atoms with van der Waals surface area (Å²) in [7, 11) is 0. The first-order valence-electron chi connectivity index (χ1n) is 11.1. The van der Waals surface area contributed by atoms with Crippen molar-refractivity contribution in [2.45, 2.75) is 39.2 Å². The third kappa shape index (κ3) is 6.45. The number of esters is 1. The number of carbonyl (C=O) groups is 2. The molecule has 0 spiro atoms. The molecule has 1 aliphatic rings. The van der Waals surface area contributed by atoms with Crippen LogP contribution in [-0.2, 0) is 20.9 Å². The summed E-state index contributed by atoms with van der Waals surface area (Å²) in [6.45, 7) is 5.84. The van der Waals surface area contributed by atoms with Gasteiger partial charge in [-0.2, -0.15) is 0 Å². The molecule has 0 radical (unpaired) electrons. The molecular formula is C27H26Cl2N2O4. The minimum atomic E-state index is -0.569. The molecule has 182 valence electrons. The normalized spacial score (nSPS) is 13.1. The second-order valence-electron chi connectivity index (χ2n) is 7.97. The Morgan fingerprint density at radius 3 is 2.66 bits per heavy atom. The molecule has 1 amide bonds. The van der Waals surface area contributed by atoms with Gasteiger partial charge in [0.15, 0.2) is 6.61 Å². The number of terminal acetylenes is 1. The van der Waals surface area contributed by atoms with Crippen molar-refractivity contribution in [1.29, 1.82) is 0 Å². The number of pyridine rings is 1. The zero-order chi connectivity index (χ0) is 25.4. The van der Waals surface area contributed by atoms with Gasteiger partial charge in [0, 0.05) is 29.6 Å². The maximum atomic E-state index is 14.0. The van der Waals surface area contributed by atoms with Gasteiger partial charge in [-0.3, -0.25) is 9.78 Å². The van der Waals surface area contributed by atoms with Crippen molar-refractivity contribution in [2.75, 3.05) is 18.1 Å². The number of hydrogen-bond acceptors (Lipinski definition) is 5. The minimum Gasteiger partial charge on any atom is -0.488 e. The van der Waals surface area contributed by atoms with E-state index in [9.17, 15) is 9.59 Å². The second kappa shape index (κ2) is 12.4. The zero-order valence-corrected chi connectivity index (χ0v) is 21.0. The number of benzene rings is 1. The average molecular weight is 513 g/mol. The van der Waals surface area contributed by atoms with Gasteiger partial charge in [-0.05, 0) is 55.9 Å². The molecule has 0 N–H and O–H groups in total. The van der Waals surface area contributed by atoms with Gasteiger partial charge >= 0.3 is 5.97 Å². The molecule has 0 unspecified atom stereocenters. The predicted molar refractivity (Wildman–Crippen MR) is 138 cm³/mol. The number of aromatic nitrogens is 1. The van der Waals surface area contributed by atoms with Gasteiger partial charge in [-0.15, -0.1) is 6.42 Å². The van der Waals surface area contributed by atoms with Crippen molar-refractivity contribution in [1.82, 2.24) is 4.98 Å². The fourth-order valence-electron chi connectivity index (χ4n) is 3.81. The van der Waals surface area contributed by atoms with Crippen molar-refractivity contribution >= 4 is 40.8 Å². The maximum absolute atomic E-state index is 14.0. The third-order valence-electron chi connectivity index (χ3n) is 5.63. The van der Waals surface area contributed by atoms with Crippen molar-refractivity contribution in [2.24, 2.45) is 0 Å². The molecule has 2 aromatic rings.